The number of aromatic nitrogens is 3. The molecule has 31 heavy (non-hydrogen) atoms. The molecule has 1 aromatic carbocycles. The van der Waals surface area contributed by atoms with Crippen LogP contribution in [0.4, 0.5) is 11.5 Å². The number of methoxy groups -OCH3 is 1. The Morgan fingerprint density at radius 1 is 1.26 bits per heavy atom. The van der Waals surface area contributed by atoms with Gasteiger partial charge in [-0.3, -0.25) is 19.1 Å². The van der Waals surface area contributed by atoms with Crippen molar-refractivity contribution in [3.05, 3.63) is 56.9 Å². The number of nitrogen functional groups attached to an aromatic ring is 1. The van der Waals surface area contributed by atoms with Crippen LogP contribution in [0.5, 0.6) is 0 Å². The van der Waals surface area contributed by atoms with E-state index in [1.165, 1.54) is 16.6 Å². The monoisotopic (exact) mass is 427 g/mol. The molecule has 0 unspecified atom stereocenters. The van der Waals surface area contributed by atoms with Gasteiger partial charge in [0.05, 0.1) is 13.0 Å². The summed E-state index contributed by atoms with van der Waals surface area (Å²) in [6.45, 7) is 4.54. The Hall–Kier alpha value is -3.33. The Labute approximate surface area is 180 Å². The van der Waals surface area contributed by atoms with Gasteiger partial charge in [-0.15, -0.1) is 0 Å². The number of fused-ring (bicyclic) bond motifs is 1. The lowest BCUT2D eigenvalue weighted by atomic mass is 10.1. The third-order valence-corrected chi connectivity index (χ3v) is 5.17. The number of nitrogens with two attached hydrogens (primary N) is 1. The highest BCUT2D eigenvalue weighted by atomic mass is 16.5. The van der Waals surface area contributed by atoms with E-state index in [1.807, 2.05) is 55.9 Å². The molecule has 3 aromatic rings. The Bertz CT molecular complexity index is 1200. The number of nitrogens with zero attached hydrogens (tertiary/aromatic N) is 3. The first-order chi connectivity index (χ1) is 14.7. The maximum atomic E-state index is 13.4. The maximum absolute atomic E-state index is 13.4. The summed E-state index contributed by atoms with van der Waals surface area (Å²) >= 11 is 0. The van der Waals surface area contributed by atoms with E-state index in [0.29, 0.717) is 6.54 Å². The van der Waals surface area contributed by atoms with Crippen LogP contribution in [0.3, 0.4) is 0 Å². The molecule has 9 nitrogen and oxygen atoms in total. The van der Waals surface area contributed by atoms with Gasteiger partial charge in [0.1, 0.15) is 5.82 Å². The smallest absolute Gasteiger partial charge is 0.330 e. The zero-order chi connectivity index (χ0) is 22.7. The number of carbonyl (C=O) groups is 1. The van der Waals surface area contributed by atoms with E-state index >= 15 is 0 Å². The number of aromatic amines is 1. The topological polar surface area (TPSA) is 115 Å². The predicted octanol–water partition coefficient (Wildman–Crippen LogP) is 1.49. The van der Waals surface area contributed by atoms with Crippen molar-refractivity contribution in [2.45, 2.75) is 26.8 Å². The van der Waals surface area contributed by atoms with Crippen molar-refractivity contribution in [3.8, 4) is 0 Å². The van der Waals surface area contributed by atoms with Crippen LogP contribution in [-0.2, 0) is 29.5 Å². The molecule has 0 atom stereocenters. The second-order valence-corrected chi connectivity index (χ2v) is 7.99. The summed E-state index contributed by atoms with van der Waals surface area (Å²) in [5.41, 5.74) is 6.79. The number of ether oxygens (including phenoxy) is 1. The average Bonchev–Trinajstić information content (AvgIpc) is 3.03. The first kappa shape index (κ1) is 22.4. The Balaban J connectivity index is 2.05. The van der Waals surface area contributed by atoms with E-state index in [-0.39, 0.29) is 42.9 Å². The molecule has 1 amide bonds. The molecule has 0 aliphatic heterocycles. The van der Waals surface area contributed by atoms with Gasteiger partial charge >= 0.3 is 5.69 Å². The van der Waals surface area contributed by atoms with E-state index in [1.54, 1.807) is 0 Å². The molecule has 0 aliphatic carbocycles. The van der Waals surface area contributed by atoms with E-state index in [9.17, 15) is 14.4 Å². The molecule has 0 aliphatic rings. The third-order valence-electron chi connectivity index (χ3n) is 5.17. The zero-order valence-electron chi connectivity index (χ0n) is 18.3. The van der Waals surface area contributed by atoms with Crippen molar-refractivity contribution in [1.29, 1.82) is 0 Å². The number of rotatable bonds is 8. The summed E-state index contributed by atoms with van der Waals surface area (Å²) in [5, 5.41) is 0.969. The zero-order valence-corrected chi connectivity index (χ0v) is 18.3. The molecular formula is C22H29N5O4. The lowest BCUT2D eigenvalue weighted by Crippen LogP contribution is -2.43. The normalized spacial score (nSPS) is 11.4. The second kappa shape index (κ2) is 9.22. The standard InChI is InChI=1S/C22H29N5O4/c1-14(2)12-27-20(23)19(21(29)24-22(27)30)26(9-10-31-4)18(28)11-15-13-25(3)17-8-6-5-7-16(15)17/h5-8,13-14H,9-12,23H2,1-4H3,(H,24,29,30). The number of amides is 1. The minimum atomic E-state index is -0.690. The summed E-state index contributed by atoms with van der Waals surface area (Å²) < 4.78 is 8.40. The van der Waals surface area contributed by atoms with Crippen molar-refractivity contribution in [2.75, 3.05) is 30.9 Å². The van der Waals surface area contributed by atoms with Crippen LogP contribution in [0.15, 0.2) is 40.1 Å². The summed E-state index contributed by atoms with van der Waals surface area (Å²) in [6.07, 6.45) is 1.98. The molecule has 3 rings (SSSR count). The molecule has 2 heterocycles. The fourth-order valence-electron chi connectivity index (χ4n) is 3.75. The van der Waals surface area contributed by atoms with Gasteiger partial charge in [-0.1, -0.05) is 32.0 Å². The van der Waals surface area contributed by atoms with E-state index in [0.717, 1.165) is 16.5 Å². The molecule has 2 aromatic heterocycles. The third kappa shape index (κ3) is 4.56. The van der Waals surface area contributed by atoms with Crippen molar-refractivity contribution in [2.24, 2.45) is 13.0 Å². The van der Waals surface area contributed by atoms with E-state index < -0.39 is 11.2 Å². The minimum Gasteiger partial charge on any atom is -0.383 e. The van der Waals surface area contributed by atoms with Crippen molar-refractivity contribution in [3.63, 3.8) is 0 Å². The fraction of sp³-hybridized carbons (Fsp3) is 0.409. The predicted molar refractivity (Wildman–Crippen MR) is 121 cm³/mol. The van der Waals surface area contributed by atoms with Gasteiger partial charge in [-0.2, -0.15) is 0 Å². The highest BCUT2D eigenvalue weighted by molar-refractivity contribution is 5.99. The quantitative estimate of drug-likeness (QED) is 0.565. The SMILES string of the molecule is COCCN(C(=O)Cc1cn(C)c2ccccc12)c1c(N)n(CC(C)C)c(=O)[nH]c1=O. The van der Waals surface area contributed by atoms with Crippen LogP contribution in [0.2, 0.25) is 0 Å². The van der Waals surface area contributed by atoms with Crippen LogP contribution in [0, 0.1) is 5.92 Å². The van der Waals surface area contributed by atoms with Crippen LogP contribution in [0.25, 0.3) is 10.9 Å². The number of hydrogen-bond acceptors (Lipinski definition) is 5. The Morgan fingerprint density at radius 2 is 1.97 bits per heavy atom. The van der Waals surface area contributed by atoms with Gasteiger partial charge < -0.3 is 19.9 Å². The molecule has 166 valence electrons. The molecule has 3 N–H and O–H groups in total. The number of aryl methyl sites for hydroxylation is 1. The lowest BCUT2D eigenvalue weighted by molar-refractivity contribution is -0.118. The molecule has 0 saturated heterocycles. The Morgan fingerprint density at radius 3 is 2.65 bits per heavy atom. The first-order valence-electron chi connectivity index (χ1n) is 10.2. The minimum absolute atomic E-state index is 0.0233. The highest BCUT2D eigenvalue weighted by Gasteiger charge is 2.25. The summed E-state index contributed by atoms with van der Waals surface area (Å²) in [6, 6.07) is 7.80. The number of carbonyl (C=O) groups excluding carboxylic acids is 1. The first-order valence-corrected chi connectivity index (χ1v) is 10.2. The summed E-state index contributed by atoms with van der Waals surface area (Å²) in [7, 11) is 3.43. The summed E-state index contributed by atoms with van der Waals surface area (Å²) in [5.74, 6) is -0.206. The number of benzene rings is 1. The van der Waals surface area contributed by atoms with Gasteiger partial charge in [-0.05, 0) is 17.5 Å². The van der Waals surface area contributed by atoms with E-state index in [4.69, 9.17) is 10.5 Å². The number of hydrogen-bond donors (Lipinski definition) is 2. The highest BCUT2D eigenvalue weighted by Crippen LogP contribution is 2.23. The molecule has 9 heteroatoms. The molecule has 0 saturated carbocycles. The van der Waals surface area contributed by atoms with Gasteiger partial charge in [0, 0.05) is 44.3 Å². The maximum Gasteiger partial charge on any atom is 0.330 e. The van der Waals surface area contributed by atoms with Gasteiger partial charge in [0.25, 0.3) is 5.56 Å². The van der Waals surface area contributed by atoms with Crippen LogP contribution < -0.4 is 21.9 Å². The van der Waals surface area contributed by atoms with Gasteiger partial charge in [-0.25, -0.2) is 4.79 Å². The molecule has 0 bridgehead atoms. The Kier molecular flexibility index (Phi) is 6.65. The second-order valence-electron chi connectivity index (χ2n) is 7.99. The van der Waals surface area contributed by atoms with E-state index in [2.05, 4.69) is 4.98 Å². The molecule has 0 radical (unpaired) electrons. The molecule has 0 fully saturated rings. The van der Waals surface area contributed by atoms with Crippen molar-refractivity contribution < 1.29 is 9.53 Å². The number of nitrogens with one attached hydrogen (secondary N) is 1. The lowest BCUT2D eigenvalue weighted by Gasteiger charge is -2.24. The molecular weight excluding hydrogens is 398 g/mol. The number of anilines is 2. The van der Waals surface area contributed by atoms with Crippen LogP contribution >= 0.6 is 0 Å². The largest absolute Gasteiger partial charge is 0.383 e. The fourth-order valence-corrected chi connectivity index (χ4v) is 3.75. The number of H-pyrrole nitrogens is 1. The summed E-state index contributed by atoms with van der Waals surface area (Å²) in [4.78, 5) is 42.0. The molecule has 0 spiro atoms. The van der Waals surface area contributed by atoms with Crippen molar-refractivity contribution >= 4 is 28.3 Å². The van der Waals surface area contributed by atoms with Crippen LogP contribution in [0.1, 0.15) is 19.4 Å². The average molecular weight is 428 g/mol. The van der Waals surface area contributed by atoms with Gasteiger partial charge in [0.15, 0.2) is 5.69 Å². The van der Waals surface area contributed by atoms with Crippen molar-refractivity contribution in [1.82, 2.24) is 14.1 Å². The number of para-hydroxylation sites is 1. The van der Waals surface area contributed by atoms with Crippen LogP contribution in [-0.4, -0.2) is 40.3 Å². The van der Waals surface area contributed by atoms with Gasteiger partial charge in [0.2, 0.25) is 5.91 Å².